The predicted octanol–water partition coefficient (Wildman–Crippen LogP) is 0.573. The predicted molar refractivity (Wildman–Crippen MR) is 46.8 cm³/mol. The van der Waals surface area contributed by atoms with Crippen molar-refractivity contribution in [1.82, 2.24) is 0 Å². The van der Waals surface area contributed by atoms with Crippen LogP contribution in [0.4, 0.5) is 0 Å². The van der Waals surface area contributed by atoms with E-state index >= 15 is 0 Å². The van der Waals surface area contributed by atoms with Crippen molar-refractivity contribution >= 4 is 11.8 Å². The van der Waals surface area contributed by atoms with Crippen molar-refractivity contribution in [3.05, 3.63) is 0 Å². The number of Topliss-reactive ketones (excluding diaryl/α,β-unsaturated/α-hetero) is 1. The molecule has 0 radical (unpaired) electrons. The highest BCUT2D eigenvalue weighted by Gasteiger charge is 2.31. The molecule has 1 N–H and O–H groups in total. The summed E-state index contributed by atoms with van der Waals surface area (Å²) < 4.78 is 10.5. The third kappa shape index (κ3) is 3.43. The Balaban J connectivity index is 2.25. The van der Waals surface area contributed by atoms with E-state index in [2.05, 4.69) is 0 Å². The number of hydrogen-bond acceptors (Lipinski definition) is 4. The van der Waals surface area contributed by atoms with E-state index in [0.29, 0.717) is 19.6 Å². The topological polar surface area (TPSA) is 72.8 Å². The summed E-state index contributed by atoms with van der Waals surface area (Å²) in [6.07, 6.45) is 0.179. The Kier molecular flexibility index (Phi) is 3.60. The minimum Gasteiger partial charge on any atom is -0.481 e. The van der Waals surface area contributed by atoms with Gasteiger partial charge >= 0.3 is 5.97 Å². The molecule has 0 atom stereocenters. The maximum Gasteiger partial charge on any atom is 0.310 e. The molecule has 5 heteroatoms. The number of ether oxygens (including phenoxy) is 2. The molecule has 0 saturated carbocycles. The van der Waals surface area contributed by atoms with Crippen LogP contribution in [-0.4, -0.2) is 35.9 Å². The van der Waals surface area contributed by atoms with Gasteiger partial charge in [-0.15, -0.1) is 0 Å². The quantitative estimate of drug-likeness (QED) is 0.660. The van der Waals surface area contributed by atoms with E-state index in [1.165, 1.54) is 0 Å². The molecule has 0 amide bonds. The minimum absolute atomic E-state index is 0.183. The third-order valence-corrected chi connectivity index (χ3v) is 2.10. The summed E-state index contributed by atoms with van der Waals surface area (Å²) in [7, 11) is 0. The van der Waals surface area contributed by atoms with Crippen molar-refractivity contribution in [2.75, 3.05) is 13.2 Å². The van der Waals surface area contributed by atoms with E-state index in [4.69, 9.17) is 14.6 Å². The smallest absolute Gasteiger partial charge is 0.310 e. The van der Waals surface area contributed by atoms with Gasteiger partial charge in [-0.3, -0.25) is 9.59 Å². The number of carboxylic acid groups (broad SMARTS) is 1. The number of hydrogen-bond donors (Lipinski definition) is 1. The molecule has 0 unspecified atom stereocenters. The molecule has 1 aliphatic rings. The van der Waals surface area contributed by atoms with Crippen LogP contribution in [0.1, 0.15) is 26.2 Å². The van der Waals surface area contributed by atoms with Gasteiger partial charge in [0.1, 0.15) is 12.2 Å². The zero-order valence-electron chi connectivity index (χ0n) is 8.12. The van der Waals surface area contributed by atoms with Crippen molar-refractivity contribution in [1.29, 1.82) is 0 Å². The lowest BCUT2D eigenvalue weighted by Crippen LogP contribution is -2.26. The van der Waals surface area contributed by atoms with E-state index in [9.17, 15) is 9.59 Å². The summed E-state index contributed by atoms with van der Waals surface area (Å²) >= 11 is 0. The Morgan fingerprint density at radius 3 is 2.43 bits per heavy atom. The highest BCUT2D eigenvalue weighted by atomic mass is 16.7. The van der Waals surface area contributed by atoms with Crippen LogP contribution in [0, 0.1) is 0 Å². The fourth-order valence-corrected chi connectivity index (χ4v) is 1.32. The van der Waals surface area contributed by atoms with Gasteiger partial charge in [-0.2, -0.15) is 0 Å². The maximum absolute atomic E-state index is 11.1. The van der Waals surface area contributed by atoms with Gasteiger partial charge in [0.25, 0.3) is 0 Å². The van der Waals surface area contributed by atoms with Crippen LogP contribution < -0.4 is 0 Å². The SMILES string of the molecule is CC1(CCC(=O)CC(=O)O)OCCO1. The van der Waals surface area contributed by atoms with Crippen LogP contribution in [0.5, 0.6) is 0 Å². The van der Waals surface area contributed by atoms with E-state index in [0.717, 1.165) is 0 Å². The zero-order valence-corrected chi connectivity index (χ0v) is 8.12. The minimum atomic E-state index is -1.09. The molecule has 0 aromatic carbocycles. The van der Waals surface area contributed by atoms with Gasteiger partial charge in [-0.05, 0) is 6.92 Å². The lowest BCUT2D eigenvalue weighted by Gasteiger charge is -2.21. The van der Waals surface area contributed by atoms with Gasteiger partial charge in [0.15, 0.2) is 5.79 Å². The number of rotatable bonds is 5. The molecule has 0 aromatic heterocycles. The first-order chi connectivity index (χ1) is 6.52. The summed E-state index contributed by atoms with van der Waals surface area (Å²) in [5.74, 6) is -2.08. The van der Waals surface area contributed by atoms with E-state index < -0.39 is 18.2 Å². The standard InChI is InChI=1S/C9H14O5/c1-9(13-4-5-14-9)3-2-7(10)6-8(11)12/h2-6H2,1H3,(H,11,12). The van der Waals surface area contributed by atoms with E-state index in [1.54, 1.807) is 6.92 Å². The molecule has 0 bridgehead atoms. The molecule has 0 aromatic rings. The average molecular weight is 202 g/mol. The molecular formula is C9H14O5. The van der Waals surface area contributed by atoms with Crippen LogP contribution in [0.25, 0.3) is 0 Å². The Bertz CT molecular complexity index is 229. The van der Waals surface area contributed by atoms with Crippen LogP contribution in [0.2, 0.25) is 0 Å². The first kappa shape index (κ1) is 11.1. The summed E-state index contributed by atoms with van der Waals surface area (Å²) in [4.78, 5) is 21.3. The molecule has 80 valence electrons. The Hall–Kier alpha value is -0.940. The molecule has 1 saturated heterocycles. The summed E-state index contributed by atoms with van der Waals surface area (Å²) in [5, 5.41) is 8.36. The molecule has 1 fully saturated rings. The van der Waals surface area contributed by atoms with E-state index in [1.807, 2.05) is 0 Å². The van der Waals surface area contributed by atoms with Gasteiger partial charge in [0, 0.05) is 12.8 Å². The first-order valence-corrected chi connectivity index (χ1v) is 4.53. The highest BCUT2D eigenvalue weighted by molar-refractivity contribution is 5.94. The molecule has 0 aliphatic carbocycles. The molecule has 1 heterocycles. The van der Waals surface area contributed by atoms with Gasteiger partial charge in [0.05, 0.1) is 13.2 Å². The van der Waals surface area contributed by atoms with Crippen LogP contribution in [-0.2, 0) is 19.1 Å². The molecule has 1 rings (SSSR count). The number of aliphatic carboxylic acids is 1. The second-order valence-corrected chi connectivity index (χ2v) is 3.44. The van der Waals surface area contributed by atoms with Crippen molar-refractivity contribution in [3.63, 3.8) is 0 Å². The number of ketones is 1. The Morgan fingerprint density at radius 2 is 1.93 bits per heavy atom. The van der Waals surface area contributed by atoms with E-state index in [-0.39, 0.29) is 12.2 Å². The first-order valence-electron chi connectivity index (χ1n) is 4.53. The normalized spacial score (nSPS) is 19.5. The van der Waals surface area contributed by atoms with Gasteiger partial charge in [-0.1, -0.05) is 0 Å². The van der Waals surface area contributed by atoms with Crippen LogP contribution >= 0.6 is 0 Å². The number of carboxylic acids is 1. The monoisotopic (exact) mass is 202 g/mol. The second kappa shape index (κ2) is 4.52. The fraction of sp³-hybridized carbons (Fsp3) is 0.778. The number of carbonyl (C=O) groups is 2. The van der Waals surface area contributed by atoms with Crippen LogP contribution in [0.15, 0.2) is 0 Å². The zero-order chi connectivity index (χ0) is 10.6. The van der Waals surface area contributed by atoms with Crippen molar-refractivity contribution in [2.45, 2.75) is 32.0 Å². The summed E-state index contributed by atoms with van der Waals surface area (Å²) in [5.41, 5.74) is 0. The summed E-state index contributed by atoms with van der Waals surface area (Å²) in [6, 6.07) is 0. The molecule has 0 spiro atoms. The molecule has 5 nitrogen and oxygen atoms in total. The Labute approximate surface area is 82.0 Å². The van der Waals surface area contributed by atoms with Crippen molar-refractivity contribution in [3.8, 4) is 0 Å². The fourth-order valence-electron chi connectivity index (χ4n) is 1.32. The number of carbonyl (C=O) groups excluding carboxylic acids is 1. The molecule has 1 aliphatic heterocycles. The lowest BCUT2D eigenvalue weighted by molar-refractivity contribution is -0.153. The maximum atomic E-state index is 11.1. The van der Waals surface area contributed by atoms with Crippen molar-refractivity contribution in [2.24, 2.45) is 0 Å². The average Bonchev–Trinajstić information content (AvgIpc) is 2.49. The molecule has 14 heavy (non-hydrogen) atoms. The second-order valence-electron chi connectivity index (χ2n) is 3.44. The third-order valence-electron chi connectivity index (χ3n) is 2.10. The van der Waals surface area contributed by atoms with Gasteiger partial charge in [0.2, 0.25) is 0 Å². The van der Waals surface area contributed by atoms with Gasteiger partial charge in [-0.25, -0.2) is 0 Å². The lowest BCUT2D eigenvalue weighted by atomic mass is 10.1. The van der Waals surface area contributed by atoms with Crippen molar-refractivity contribution < 1.29 is 24.2 Å². The largest absolute Gasteiger partial charge is 0.481 e. The van der Waals surface area contributed by atoms with Gasteiger partial charge < -0.3 is 14.6 Å². The van der Waals surface area contributed by atoms with Crippen LogP contribution in [0.3, 0.4) is 0 Å². The Morgan fingerprint density at radius 1 is 1.36 bits per heavy atom. The molecular weight excluding hydrogens is 188 g/mol. The highest BCUT2D eigenvalue weighted by Crippen LogP contribution is 2.24. The summed E-state index contributed by atoms with van der Waals surface area (Å²) in [6.45, 7) is 2.82.